The Morgan fingerprint density at radius 3 is 2.47 bits per heavy atom. The summed E-state index contributed by atoms with van der Waals surface area (Å²) in [7, 11) is -3.81. The molecule has 2 aromatic rings. The van der Waals surface area contributed by atoms with Crippen LogP contribution in [0.1, 0.15) is 48.7 Å². The Balaban J connectivity index is 1.64. The quantitative estimate of drug-likeness (QED) is 0.342. The highest BCUT2D eigenvalue weighted by Crippen LogP contribution is 2.40. The molecule has 0 aliphatic carbocycles. The average molecular weight is 691 g/mol. The highest BCUT2D eigenvalue weighted by atomic mass is 35.5. The number of amides is 3. The van der Waals surface area contributed by atoms with Crippen molar-refractivity contribution in [2.24, 2.45) is 5.92 Å². The van der Waals surface area contributed by atoms with Crippen LogP contribution in [0.2, 0.25) is 4.34 Å². The van der Waals surface area contributed by atoms with Gasteiger partial charge in [0, 0.05) is 38.7 Å². The second kappa shape index (κ2) is 14.8. The molecule has 12 nitrogen and oxygen atoms in total. The fraction of sp³-hybridized carbons (Fsp3) is 0.500. The van der Waals surface area contributed by atoms with Crippen LogP contribution >= 0.6 is 22.9 Å². The van der Waals surface area contributed by atoms with Gasteiger partial charge in [-0.1, -0.05) is 11.6 Å². The molecule has 246 valence electrons. The second-order valence-corrected chi connectivity index (χ2v) is 13.8. The summed E-state index contributed by atoms with van der Waals surface area (Å²) >= 11 is 6.89. The van der Waals surface area contributed by atoms with E-state index in [0.29, 0.717) is 23.2 Å². The lowest BCUT2D eigenvalue weighted by Gasteiger charge is -2.33. The Morgan fingerprint density at radius 2 is 1.87 bits per heavy atom. The summed E-state index contributed by atoms with van der Waals surface area (Å²) in [6, 6.07) is 1.76. The first-order valence-electron chi connectivity index (χ1n) is 14.3. The van der Waals surface area contributed by atoms with Crippen molar-refractivity contribution in [2.75, 3.05) is 44.8 Å². The Hall–Kier alpha value is -3.34. The van der Waals surface area contributed by atoms with Crippen LogP contribution in [-0.2, 0) is 29.1 Å². The topological polar surface area (TPSA) is 151 Å². The van der Waals surface area contributed by atoms with E-state index in [1.165, 1.54) is 17.0 Å². The zero-order chi connectivity index (χ0) is 32.9. The monoisotopic (exact) mass is 690 g/mol. The van der Waals surface area contributed by atoms with E-state index in [-0.39, 0.29) is 50.4 Å². The molecule has 2 aliphatic rings. The largest absolute Gasteiger partial charge is 0.493 e. The molecule has 1 atom stereocenters. The van der Waals surface area contributed by atoms with E-state index in [9.17, 15) is 32.0 Å². The van der Waals surface area contributed by atoms with Crippen molar-refractivity contribution in [1.29, 1.82) is 0 Å². The molecule has 1 aromatic heterocycles. The predicted molar refractivity (Wildman–Crippen MR) is 161 cm³/mol. The number of carbonyl (C=O) groups is 4. The number of likely N-dealkylation sites (tertiary alicyclic amines) is 1. The van der Waals surface area contributed by atoms with Crippen molar-refractivity contribution < 1.29 is 45.9 Å². The molecular formula is C28H33ClF2N4O8S2. The number of nitrogens with zero attached hydrogens (tertiary/aromatic N) is 2. The van der Waals surface area contributed by atoms with Crippen LogP contribution < -0.4 is 19.7 Å². The van der Waals surface area contributed by atoms with Crippen LogP contribution in [0, 0.1) is 17.6 Å². The summed E-state index contributed by atoms with van der Waals surface area (Å²) in [6.45, 7) is 1.59. The maximum absolute atomic E-state index is 15.1. The van der Waals surface area contributed by atoms with E-state index in [4.69, 9.17) is 21.1 Å². The molecule has 3 heterocycles. The summed E-state index contributed by atoms with van der Waals surface area (Å²) in [5, 5.41) is 2.51. The number of benzene rings is 1. The van der Waals surface area contributed by atoms with Crippen LogP contribution in [-0.4, -0.2) is 82.9 Å². The first kappa shape index (κ1) is 34.5. The summed E-state index contributed by atoms with van der Waals surface area (Å²) in [4.78, 5) is 52.9. The Bertz CT molecular complexity index is 1560. The number of methoxy groups -OCH3 is 1. The van der Waals surface area contributed by atoms with Gasteiger partial charge < -0.3 is 24.6 Å². The number of nitrogens with one attached hydrogen (secondary N) is 2. The molecule has 2 N–H and O–H groups in total. The van der Waals surface area contributed by atoms with Gasteiger partial charge in [0.2, 0.25) is 21.8 Å². The molecule has 0 bridgehead atoms. The number of sulfonamides is 1. The SMILES string of the molecule is CCOC(=O)C1CCN(C(=O)C(CNC(=O)c2ccc(Cl)s2)NS(=O)(=O)c2cc(F)c(F)c(N3CCCCC3=O)c2OC)CC1. The minimum atomic E-state index is -4.85. The molecule has 4 rings (SSSR count). The van der Waals surface area contributed by atoms with Crippen molar-refractivity contribution in [3.05, 3.63) is 39.0 Å². The van der Waals surface area contributed by atoms with Gasteiger partial charge in [-0.3, -0.25) is 19.2 Å². The summed E-state index contributed by atoms with van der Waals surface area (Å²) in [5.74, 6) is -6.32. The molecule has 17 heteroatoms. The highest BCUT2D eigenvalue weighted by Gasteiger charge is 2.37. The Labute approximate surface area is 268 Å². The number of halogens is 3. The minimum absolute atomic E-state index is 0.0180. The van der Waals surface area contributed by atoms with E-state index >= 15 is 4.39 Å². The van der Waals surface area contributed by atoms with Gasteiger partial charge in [0.05, 0.1) is 28.8 Å². The molecule has 2 saturated heterocycles. The van der Waals surface area contributed by atoms with E-state index in [1.807, 2.05) is 0 Å². The summed E-state index contributed by atoms with van der Waals surface area (Å²) < 4.78 is 70.4. The van der Waals surface area contributed by atoms with Gasteiger partial charge in [0.25, 0.3) is 5.91 Å². The fourth-order valence-electron chi connectivity index (χ4n) is 5.22. The van der Waals surface area contributed by atoms with Gasteiger partial charge in [-0.05, 0) is 44.7 Å². The predicted octanol–water partition coefficient (Wildman–Crippen LogP) is 3.08. The average Bonchev–Trinajstić information content (AvgIpc) is 3.46. The second-order valence-electron chi connectivity index (χ2n) is 10.4. The summed E-state index contributed by atoms with van der Waals surface area (Å²) in [6.07, 6.45) is 1.61. The van der Waals surface area contributed by atoms with E-state index < -0.39 is 80.2 Å². The molecule has 3 amide bonds. The lowest BCUT2D eigenvalue weighted by atomic mass is 9.96. The van der Waals surface area contributed by atoms with E-state index in [2.05, 4.69) is 10.0 Å². The van der Waals surface area contributed by atoms with Gasteiger partial charge >= 0.3 is 5.97 Å². The molecule has 0 saturated carbocycles. The first-order chi connectivity index (χ1) is 21.4. The lowest BCUT2D eigenvalue weighted by molar-refractivity contribution is -0.151. The van der Waals surface area contributed by atoms with Crippen molar-refractivity contribution in [3.63, 3.8) is 0 Å². The molecular weight excluding hydrogens is 658 g/mol. The minimum Gasteiger partial charge on any atom is -0.493 e. The maximum atomic E-state index is 15.1. The van der Waals surface area contributed by atoms with Crippen molar-refractivity contribution in [1.82, 2.24) is 14.9 Å². The first-order valence-corrected chi connectivity index (χ1v) is 16.9. The molecule has 2 aliphatic heterocycles. The van der Waals surface area contributed by atoms with Gasteiger partial charge in [-0.25, -0.2) is 17.2 Å². The third kappa shape index (κ3) is 7.91. The molecule has 0 radical (unpaired) electrons. The Kier molecular flexibility index (Phi) is 11.4. The van der Waals surface area contributed by atoms with Gasteiger partial charge in [-0.15, -0.1) is 11.3 Å². The number of hydrogen-bond donors (Lipinski definition) is 2. The van der Waals surface area contributed by atoms with Crippen molar-refractivity contribution in [3.8, 4) is 5.75 Å². The fourth-order valence-corrected chi connectivity index (χ4v) is 7.55. The van der Waals surface area contributed by atoms with Crippen LogP contribution in [0.3, 0.4) is 0 Å². The number of anilines is 1. The molecule has 2 fully saturated rings. The zero-order valence-electron chi connectivity index (χ0n) is 24.6. The third-order valence-electron chi connectivity index (χ3n) is 7.49. The number of hydrogen-bond acceptors (Lipinski definition) is 9. The van der Waals surface area contributed by atoms with Crippen LogP contribution in [0.4, 0.5) is 14.5 Å². The number of ether oxygens (including phenoxy) is 2. The van der Waals surface area contributed by atoms with E-state index in [0.717, 1.165) is 23.3 Å². The third-order valence-corrected chi connectivity index (χ3v) is 10.2. The van der Waals surface area contributed by atoms with Crippen LogP contribution in [0.5, 0.6) is 5.75 Å². The highest BCUT2D eigenvalue weighted by molar-refractivity contribution is 7.89. The molecule has 0 spiro atoms. The van der Waals surface area contributed by atoms with Gasteiger partial charge in [0.1, 0.15) is 16.6 Å². The maximum Gasteiger partial charge on any atom is 0.309 e. The molecule has 1 unspecified atom stereocenters. The number of esters is 1. The number of thiophene rings is 1. The summed E-state index contributed by atoms with van der Waals surface area (Å²) in [5.41, 5.74) is -0.658. The van der Waals surface area contributed by atoms with Crippen LogP contribution in [0.25, 0.3) is 0 Å². The normalized spacial score (nSPS) is 16.8. The smallest absolute Gasteiger partial charge is 0.309 e. The van der Waals surface area contributed by atoms with E-state index in [1.54, 1.807) is 6.92 Å². The standard InChI is InChI=1S/C28H33ClF2N4O8S2/c1-3-43-28(39)16-9-12-34(13-10-16)27(38)18(15-32-26(37)19-7-8-21(29)44-19)33-45(40,41)20-14-17(30)23(31)24(25(20)42-2)35-11-5-4-6-22(35)36/h7-8,14,16,18,33H,3-6,9-13,15H2,1-2H3,(H,32,37). The zero-order valence-corrected chi connectivity index (χ0v) is 27.0. The van der Waals surface area contributed by atoms with Crippen LogP contribution in [0.15, 0.2) is 23.1 Å². The molecule has 1 aromatic carbocycles. The number of carbonyl (C=O) groups excluding carboxylic acids is 4. The Morgan fingerprint density at radius 1 is 1.16 bits per heavy atom. The molecule has 45 heavy (non-hydrogen) atoms. The van der Waals surface area contributed by atoms with Crippen molar-refractivity contribution >= 4 is 62.3 Å². The lowest BCUT2D eigenvalue weighted by Crippen LogP contribution is -2.55. The number of piperidine rings is 2. The van der Waals surface area contributed by atoms with Gasteiger partial charge in [0.15, 0.2) is 17.4 Å². The number of rotatable bonds is 11. The van der Waals surface area contributed by atoms with Crippen molar-refractivity contribution in [2.45, 2.75) is 50.0 Å². The van der Waals surface area contributed by atoms with Gasteiger partial charge in [-0.2, -0.15) is 4.72 Å².